The number of likely N-dealkylation sites (tertiary alicyclic amines) is 1. The molecule has 0 aromatic heterocycles. The van der Waals surface area contributed by atoms with Crippen LogP contribution in [0.25, 0.3) is 0 Å². The Morgan fingerprint density at radius 3 is 2.22 bits per heavy atom. The highest BCUT2D eigenvalue weighted by Gasteiger charge is 2.34. The molecule has 0 radical (unpaired) electrons. The Kier molecular flexibility index (Phi) is 15.3. The molecule has 4 rings (SSSR count). The molecule has 0 bridgehead atoms. The average molecular weight is 777 g/mol. The van der Waals surface area contributed by atoms with Crippen molar-refractivity contribution in [2.45, 2.75) is 89.3 Å². The van der Waals surface area contributed by atoms with E-state index < -0.39 is 46.3 Å². The second-order valence-corrected chi connectivity index (χ2v) is 15.4. The molecule has 6 N–H and O–H groups in total. The van der Waals surface area contributed by atoms with Gasteiger partial charge in [-0.1, -0.05) is 54.6 Å². The fraction of sp³-hybridized carbons (Fsp3) is 0.425. The maximum atomic E-state index is 14.1. The minimum Gasteiger partial charge on any atom is -0.496 e. The Morgan fingerprint density at radius 2 is 1.58 bits per heavy atom. The molecule has 0 saturated carbocycles. The van der Waals surface area contributed by atoms with Crippen LogP contribution in [0.1, 0.15) is 71.9 Å². The standard InChI is InChI=1S/C40H52N6O8S/c1-26-22-34(53-4)27(2)28(3)37(26)55(51,52)45-32(24-35(47)43-19-11-14-36(48)54-25-30-12-7-5-8-13-30)39(49)44-33(40(50)46-20-9-6-10-21-46)23-29-15-17-31(18-16-29)38(41)42/h5,7-8,12-13,15-18,22,32-33,45H,6,9-11,14,19-21,23-25H2,1-4H3,(H3,41,42)(H,43,47)(H,44,49). The van der Waals surface area contributed by atoms with Gasteiger partial charge in [0.1, 0.15) is 30.3 Å². The van der Waals surface area contributed by atoms with Gasteiger partial charge in [-0.3, -0.25) is 24.6 Å². The van der Waals surface area contributed by atoms with E-state index >= 15 is 0 Å². The van der Waals surface area contributed by atoms with Crippen LogP contribution < -0.4 is 25.8 Å². The molecule has 55 heavy (non-hydrogen) atoms. The second kappa shape index (κ2) is 19.9. The summed E-state index contributed by atoms with van der Waals surface area (Å²) >= 11 is 0. The summed E-state index contributed by atoms with van der Waals surface area (Å²) in [5, 5.41) is 13.1. The summed E-state index contributed by atoms with van der Waals surface area (Å²) < 4.78 is 41.3. The summed E-state index contributed by atoms with van der Waals surface area (Å²) in [6.45, 7) is 6.20. The molecular formula is C40H52N6O8S. The Balaban J connectivity index is 1.54. The predicted molar refractivity (Wildman–Crippen MR) is 208 cm³/mol. The van der Waals surface area contributed by atoms with Gasteiger partial charge in [0.05, 0.1) is 18.4 Å². The van der Waals surface area contributed by atoms with Crippen molar-refractivity contribution in [1.82, 2.24) is 20.3 Å². The van der Waals surface area contributed by atoms with E-state index in [1.165, 1.54) is 7.11 Å². The molecule has 1 saturated heterocycles. The number of benzene rings is 3. The highest BCUT2D eigenvalue weighted by molar-refractivity contribution is 7.89. The number of carbonyl (C=O) groups excluding carboxylic acids is 4. The lowest BCUT2D eigenvalue weighted by Crippen LogP contribution is -2.56. The number of nitrogens with two attached hydrogens (primary N) is 1. The Bertz CT molecular complexity index is 1950. The minimum atomic E-state index is -4.41. The molecule has 3 amide bonds. The third-order valence-corrected chi connectivity index (χ3v) is 11.3. The molecule has 0 spiro atoms. The number of ether oxygens (including phenoxy) is 2. The molecule has 15 heteroatoms. The highest BCUT2D eigenvalue weighted by Crippen LogP contribution is 2.30. The number of hydrogen-bond acceptors (Lipinski definition) is 9. The third kappa shape index (κ3) is 12.1. The minimum absolute atomic E-state index is 0.0344. The number of nitrogens with zero attached hydrogens (tertiary/aromatic N) is 1. The monoisotopic (exact) mass is 776 g/mol. The molecule has 1 heterocycles. The van der Waals surface area contributed by atoms with E-state index in [4.69, 9.17) is 20.6 Å². The lowest BCUT2D eigenvalue weighted by Gasteiger charge is -2.31. The Hall–Kier alpha value is -5.28. The number of amides is 3. The van der Waals surface area contributed by atoms with Crippen LogP contribution in [0.15, 0.2) is 65.6 Å². The first-order valence-electron chi connectivity index (χ1n) is 18.4. The lowest BCUT2D eigenvalue weighted by molar-refractivity contribution is -0.145. The first kappa shape index (κ1) is 42.5. The van der Waals surface area contributed by atoms with Crippen LogP contribution >= 0.6 is 0 Å². The zero-order valence-electron chi connectivity index (χ0n) is 31.9. The van der Waals surface area contributed by atoms with Gasteiger partial charge in [0, 0.05) is 38.0 Å². The van der Waals surface area contributed by atoms with Crippen molar-refractivity contribution in [2.24, 2.45) is 5.73 Å². The van der Waals surface area contributed by atoms with Gasteiger partial charge in [-0.05, 0) is 80.3 Å². The molecule has 1 fully saturated rings. The van der Waals surface area contributed by atoms with Crippen molar-refractivity contribution in [1.29, 1.82) is 5.41 Å². The van der Waals surface area contributed by atoms with E-state index in [2.05, 4.69) is 15.4 Å². The van der Waals surface area contributed by atoms with E-state index in [0.717, 1.165) is 24.8 Å². The van der Waals surface area contributed by atoms with Crippen LogP contribution in [0, 0.1) is 26.2 Å². The van der Waals surface area contributed by atoms with Gasteiger partial charge >= 0.3 is 5.97 Å². The number of aryl methyl sites for hydroxylation is 1. The molecular weight excluding hydrogens is 725 g/mol. The highest BCUT2D eigenvalue weighted by atomic mass is 32.2. The van der Waals surface area contributed by atoms with E-state index in [0.29, 0.717) is 46.7 Å². The number of nitrogens with one attached hydrogen (secondary N) is 4. The first-order chi connectivity index (χ1) is 26.2. The van der Waals surface area contributed by atoms with Crippen LogP contribution in [0.5, 0.6) is 5.75 Å². The summed E-state index contributed by atoms with van der Waals surface area (Å²) in [4.78, 5) is 55.2. The molecule has 2 atom stereocenters. The molecule has 2 unspecified atom stereocenters. The van der Waals surface area contributed by atoms with Crippen LogP contribution in [-0.2, 0) is 47.0 Å². The molecule has 3 aromatic rings. The van der Waals surface area contributed by atoms with Gasteiger partial charge in [-0.2, -0.15) is 4.72 Å². The van der Waals surface area contributed by atoms with Crippen molar-refractivity contribution in [3.63, 3.8) is 0 Å². The van der Waals surface area contributed by atoms with Crippen LogP contribution in [-0.4, -0.2) is 81.7 Å². The Labute approximate surface area is 323 Å². The number of piperidine rings is 1. The molecule has 1 aliphatic rings. The number of hydrogen-bond donors (Lipinski definition) is 5. The molecule has 0 aliphatic carbocycles. The summed E-state index contributed by atoms with van der Waals surface area (Å²) in [6, 6.07) is 14.8. The van der Waals surface area contributed by atoms with Crippen molar-refractivity contribution >= 4 is 39.5 Å². The zero-order chi connectivity index (χ0) is 40.1. The smallest absolute Gasteiger partial charge is 0.306 e. The van der Waals surface area contributed by atoms with E-state index in [1.807, 2.05) is 30.3 Å². The number of esters is 1. The van der Waals surface area contributed by atoms with E-state index in [-0.39, 0.29) is 49.1 Å². The van der Waals surface area contributed by atoms with E-state index in [1.54, 1.807) is 56.0 Å². The first-order valence-corrected chi connectivity index (χ1v) is 19.8. The zero-order valence-corrected chi connectivity index (χ0v) is 32.7. The second-order valence-electron chi connectivity index (χ2n) is 13.7. The lowest BCUT2D eigenvalue weighted by atomic mass is 10.0. The van der Waals surface area contributed by atoms with Crippen LogP contribution in [0.2, 0.25) is 0 Å². The number of amidine groups is 1. The van der Waals surface area contributed by atoms with Gasteiger partial charge in [0.25, 0.3) is 0 Å². The van der Waals surface area contributed by atoms with Crippen molar-refractivity contribution in [3.05, 3.63) is 94.0 Å². The van der Waals surface area contributed by atoms with Gasteiger partial charge in [0.2, 0.25) is 27.7 Å². The number of carbonyl (C=O) groups is 4. The Morgan fingerprint density at radius 1 is 0.909 bits per heavy atom. The topological polar surface area (TPSA) is 210 Å². The number of rotatable bonds is 18. The average Bonchev–Trinajstić information content (AvgIpc) is 3.17. The van der Waals surface area contributed by atoms with Crippen molar-refractivity contribution in [2.75, 3.05) is 26.7 Å². The molecule has 3 aromatic carbocycles. The summed E-state index contributed by atoms with van der Waals surface area (Å²) in [6.07, 6.45) is 2.37. The van der Waals surface area contributed by atoms with Crippen LogP contribution in [0.4, 0.5) is 0 Å². The van der Waals surface area contributed by atoms with Crippen LogP contribution in [0.3, 0.4) is 0 Å². The number of methoxy groups -OCH3 is 1. The normalized spacial score (nSPS) is 14.0. The maximum Gasteiger partial charge on any atom is 0.306 e. The third-order valence-electron chi connectivity index (χ3n) is 9.58. The number of sulfonamides is 1. The maximum absolute atomic E-state index is 14.1. The van der Waals surface area contributed by atoms with Gasteiger partial charge in [-0.25, -0.2) is 8.42 Å². The van der Waals surface area contributed by atoms with E-state index in [9.17, 15) is 27.6 Å². The summed E-state index contributed by atoms with van der Waals surface area (Å²) in [5.41, 5.74) is 9.02. The predicted octanol–water partition coefficient (Wildman–Crippen LogP) is 3.32. The van der Waals surface area contributed by atoms with Gasteiger partial charge in [0.15, 0.2) is 0 Å². The molecule has 1 aliphatic heterocycles. The molecule has 14 nitrogen and oxygen atoms in total. The van der Waals surface area contributed by atoms with Gasteiger partial charge < -0.3 is 30.7 Å². The fourth-order valence-corrected chi connectivity index (χ4v) is 8.19. The van der Waals surface area contributed by atoms with Crippen molar-refractivity contribution < 1.29 is 37.1 Å². The quantitative estimate of drug-likeness (QED) is 0.0555. The fourth-order valence-electron chi connectivity index (χ4n) is 6.47. The van der Waals surface area contributed by atoms with Gasteiger partial charge in [-0.15, -0.1) is 0 Å². The van der Waals surface area contributed by atoms with Crippen molar-refractivity contribution in [3.8, 4) is 5.75 Å². The molecule has 296 valence electrons. The summed E-state index contributed by atoms with van der Waals surface area (Å²) in [5.74, 6) is -1.88. The largest absolute Gasteiger partial charge is 0.496 e. The number of nitrogen functional groups attached to an aromatic ring is 1. The summed E-state index contributed by atoms with van der Waals surface area (Å²) in [7, 11) is -2.92. The SMILES string of the molecule is COc1cc(C)c(S(=O)(=O)NC(CC(=O)NCCCC(=O)OCc2ccccc2)C(=O)NC(Cc2ccc(C(=N)N)cc2)C(=O)N2CCCCC2)c(C)c1C.